The number of benzene rings is 2. The Kier molecular flexibility index (Phi) is 5.02. The van der Waals surface area contributed by atoms with Gasteiger partial charge in [0.2, 0.25) is 11.8 Å². The molecule has 11 heteroatoms. The van der Waals surface area contributed by atoms with Gasteiger partial charge in [-0.3, -0.25) is 4.79 Å². The summed E-state index contributed by atoms with van der Waals surface area (Å²) in [5.41, 5.74) is 8.51. The molecule has 1 amide bonds. The number of aromatic nitrogens is 6. The van der Waals surface area contributed by atoms with Crippen LogP contribution in [0, 0.1) is 5.82 Å². The minimum atomic E-state index is -1.26. The molecule has 4 aromatic heterocycles. The van der Waals surface area contributed by atoms with Gasteiger partial charge in [-0.25, -0.2) is 14.1 Å². The monoisotopic (exact) mass is 522 g/mol. The van der Waals surface area contributed by atoms with Gasteiger partial charge in [0.05, 0.1) is 17.8 Å². The second-order valence-corrected chi connectivity index (χ2v) is 9.74. The van der Waals surface area contributed by atoms with E-state index in [9.17, 15) is 9.18 Å². The summed E-state index contributed by atoms with van der Waals surface area (Å²) in [6.07, 6.45) is 3.73. The molecule has 7 rings (SSSR count). The molecule has 0 fully saturated rings. The highest BCUT2D eigenvalue weighted by Gasteiger charge is 2.43. The van der Waals surface area contributed by atoms with Crippen molar-refractivity contribution >= 4 is 28.5 Å². The van der Waals surface area contributed by atoms with E-state index in [4.69, 9.17) is 10.2 Å². The van der Waals surface area contributed by atoms with E-state index in [1.807, 2.05) is 37.3 Å². The topological polar surface area (TPSA) is 120 Å². The van der Waals surface area contributed by atoms with Crippen LogP contribution in [0.1, 0.15) is 23.6 Å². The number of hydrogen-bond donors (Lipinski definition) is 1. The van der Waals surface area contributed by atoms with Gasteiger partial charge in [0, 0.05) is 13.1 Å². The third kappa shape index (κ3) is 3.50. The van der Waals surface area contributed by atoms with Crippen LogP contribution in [0.5, 0.6) is 0 Å². The van der Waals surface area contributed by atoms with Crippen molar-refractivity contribution in [3.63, 3.8) is 0 Å². The quantitative estimate of drug-likeness (QED) is 0.374. The highest BCUT2D eigenvalue weighted by Crippen LogP contribution is 2.34. The highest BCUT2D eigenvalue weighted by molar-refractivity contribution is 5.94. The second kappa shape index (κ2) is 8.48. The first-order valence-electron chi connectivity index (χ1n) is 12.5. The lowest BCUT2D eigenvalue weighted by Gasteiger charge is -2.37. The zero-order valence-electron chi connectivity index (χ0n) is 21.0. The number of carbonyl (C=O) groups is 1. The van der Waals surface area contributed by atoms with E-state index in [0.29, 0.717) is 47.8 Å². The fraction of sp³-hybridized carbons (Fsp3) is 0.179. The van der Waals surface area contributed by atoms with Crippen molar-refractivity contribution in [2.24, 2.45) is 0 Å². The molecular formula is C28H23FN8O2. The number of furan rings is 1. The Labute approximate surface area is 221 Å². The number of nitrogens with zero attached hydrogens (tertiary/aromatic N) is 7. The van der Waals surface area contributed by atoms with E-state index in [1.54, 1.807) is 46.3 Å². The van der Waals surface area contributed by atoms with Crippen molar-refractivity contribution < 1.29 is 13.6 Å². The lowest BCUT2D eigenvalue weighted by molar-refractivity contribution is -0.139. The minimum Gasteiger partial charge on any atom is -0.461 e. The Morgan fingerprint density at radius 3 is 2.69 bits per heavy atom. The van der Waals surface area contributed by atoms with Crippen LogP contribution in [0.3, 0.4) is 0 Å². The molecule has 0 spiro atoms. The number of hydrogen-bond acceptors (Lipinski definition) is 7. The highest BCUT2D eigenvalue weighted by atomic mass is 19.1. The summed E-state index contributed by atoms with van der Waals surface area (Å²) in [5.74, 6) is 0.518. The molecule has 0 aliphatic carbocycles. The van der Waals surface area contributed by atoms with E-state index in [2.05, 4.69) is 20.2 Å². The number of amides is 1. The van der Waals surface area contributed by atoms with E-state index in [0.717, 1.165) is 16.7 Å². The Hall–Kier alpha value is -5.06. The molecule has 10 nitrogen and oxygen atoms in total. The maximum Gasteiger partial charge on any atom is 0.255 e. The molecule has 2 N–H and O–H groups in total. The van der Waals surface area contributed by atoms with Crippen LogP contribution in [-0.2, 0) is 23.3 Å². The van der Waals surface area contributed by atoms with E-state index in [1.165, 1.54) is 10.6 Å². The van der Waals surface area contributed by atoms with Crippen LogP contribution in [0.4, 0.5) is 10.3 Å². The van der Waals surface area contributed by atoms with Crippen LogP contribution in [0.15, 0.2) is 77.5 Å². The van der Waals surface area contributed by atoms with Crippen LogP contribution in [0.2, 0.25) is 0 Å². The first-order valence-corrected chi connectivity index (χ1v) is 12.5. The second-order valence-electron chi connectivity index (χ2n) is 9.74. The summed E-state index contributed by atoms with van der Waals surface area (Å²) in [7, 11) is 0. The van der Waals surface area contributed by atoms with E-state index < -0.39 is 5.54 Å². The lowest BCUT2D eigenvalue weighted by atomic mass is 9.89. The van der Waals surface area contributed by atoms with Gasteiger partial charge in [0.25, 0.3) is 5.91 Å². The lowest BCUT2D eigenvalue weighted by Crippen LogP contribution is -2.51. The maximum atomic E-state index is 14.4. The molecule has 194 valence electrons. The predicted molar refractivity (Wildman–Crippen MR) is 141 cm³/mol. The average molecular weight is 523 g/mol. The molecule has 1 atom stereocenters. The molecule has 1 unspecified atom stereocenters. The van der Waals surface area contributed by atoms with Crippen molar-refractivity contribution in [3.05, 3.63) is 95.6 Å². The molecule has 6 aromatic rings. The van der Waals surface area contributed by atoms with Crippen molar-refractivity contribution in [1.29, 1.82) is 0 Å². The average Bonchev–Trinajstić information content (AvgIpc) is 3.72. The minimum absolute atomic E-state index is 0.0985. The van der Waals surface area contributed by atoms with Gasteiger partial charge in [-0.05, 0) is 54.3 Å². The fourth-order valence-electron chi connectivity index (χ4n) is 5.35. The summed E-state index contributed by atoms with van der Waals surface area (Å²) < 4.78 is 22.3. The third-order valence-corrected chi connectivity index (χ3v) is 7.41. The van der Waals surface area contributed by atoms with Crippen molar-refractivity contribution in [1.82, 2.24) is 34.3 Å². The van der Waals surface area contributed by atoms with Crippen molar-refractivity contribution in [2.45, 2.75) is 25.4 Å². The number of carbonyl (C=O) groups excluding carboxylic acids is 1. The number of anilines is 1. The molecule has 0 radical (unpaired) electrons. The van der Waals surface area contributed by atoms with Crippen LogP contribution < -0.4 is 5.73 Å². The SMILES string of the molecule is CC(C(=O)N1CCc2cc(F)ccc2C1)(c1ccccc1)n1ncc2c1nc(N)n1nc(-c3ccco3)nc21. The summed E-state index contributed by atoms with van der Waals surface area (Å²) in [6.45, 7) is 2.65. The summed E-state index contributed by atoms with van der Waals surface area (Å²) in [5, 5.41) is 9.72. The molecular weight excluding hydrogens is 499 g/mol. The number of rotatable bonds is 4. The van der Waals surface area contributed by atoms with Gasteiger partial charge in [-0.1, -0.05) is 36.4 Å². The molecule has 39 heavy (non-hydrogen) atoms. The molecule has 2 aromatic carbocycles. The van der Waals surface area contributed by atoms with Gasteiger partial charge in [-0.15, -0.1) is 5.10 Å². The zero-order chi connectivity index (χ0) is 26.7. The zero-order valence-corrected chi connectivity index (χ0v) is 21.0. The molecule has 1 aliphatic heterocycles. The summed E-state index contributed by atoms with van der Waals surface area (Å²) in [6, 6.07) is 17.7. The largest absolute Gasteiger partial charge is 0.461 e. The Balaban J connectivity index is 1.38. The Bertz CT molecular complexity index is 1860. The first kappa shape index (κ1) is 23.1. The van der Waals surface area contributed by atoms with Crippen LogP contribution >= 0.6 is 0 Å². The molecule has 0 saturated carbocycles. The predicted octanol–water partition coefficient (Wildman–Crippen LogP) is 3.80. The van der Waals surface area contributed by atoms with E-state index in [-0.39, 0.29) is 17.7 Å². The van der Waals surface area contributed by atoms with Crippen molar-refractivity contribution in [3.8, 4) is 11.6 Å². The summed E-state index contributed by atoms with van der Waals surface area (Å²) >= 11 is 0. The Morgan fingerprint density at radius 2 is 1.90 bits per heavy atom. The molecule has 0 saturated heterocycles. The first-order chi connectivity index (χ1) is 18.9. The van der Waals surface area contributed by atoms with Gasteiger partial charge >= 0.3 is 0 Å². The van der Waals surface area contributed by atoms with Crippen molar-refractivity contribution in [2.75, 3.05) is 12.3 Å². The number of nitrogens with two attached hydrogens (primary N) is 1. The van der Waals surface area contributed by atoms with Crippen LogP contribution in [0.25, 0.3) is 28.3 Å². The maximum absolute atomic E-state index is 14.4. The van der Waals surface area contributed by atoms with Gasteiger partial charge in [-0.2, -0.15) is 14.6 Å². The summed E-state index contributed by atoms with van der Waals surface area (Å²) in [4.78, 5) is 25.5. The standard InChI is InChI=1S/C28H23FN8O2/c1-28(19-6-3-2-4-7-19,26(38)35-12-11-17-14-20(29)10-9-18(17)16-35)37-25-21(15-31-37)24-32-23(22-8-5-13-39-22)34-36(24)27(30)33-25/h2-10,13-15H,11-12,16H2,1H3,(H2,30,33). The molecule has 1 aliphatic rings. The number of fused-ring (bicyclic) bond motifs is 4. The number of nitrogen functional groups attached to an aromatic ring is 1. The van der Waals surface area contributed by atoms with Gasteiger partial charge in [0.15, 0.2) is 22.6 Å². The van der Waals surface area contributed by atoms with Crippen LogP contribution in [-0.4, -0.2) is 46.7 Å². The van der Waals surface area contributed by atoms with Gasteiger partial charge in [0.1, 0.15) is 5.82 Å². The van der Waals surface area contributed by atoms with Gasteiger partial charge < -0.3 is 15.1 Å². The fourth-order valence-corrected chi connectivity index (χ4v) is 5.35. The molecule has 5 heterocycles. The third-order valence-electron chi connectivity index (χ3n) is 7.41. The van der Waals surface area contributed by atoms with E-state index >= 15 is 0 Å². The smallest absolute Gasteiger partial charge is 0.255 e. The Morgan fingerprint density at radius 1 is 1.05 bits per heavy atom. The number of halogens is 1. The molecule has 0 bridgehead atoms. The normalized spacial score (nSPS) is 15.0.